The third-order valence-electron chi connectivity index (χ3n) is 6.24. The molecule has 124 valence electrons. The molecule has 0 N–H and O–H groups in total. The molecule has 1 aromatic carbocycles. The number of fused-ring (bicyclic) bond motifs is 3. The molecule has 1 saturated carbocycles. The lowest BCUT2D eigenvalue weighted by atomic mass is 9.79. The van der Waals surface area contributed by atoms with Crippen molar-refractivity contribution in [1.82, 2.24) is 4.90 Å². The second kappa shape index (κ2) is 6.18. The highest BCUT2D eigenvalue weighted by Gasteiger charge is 2.44. The zero-order chi connectivity index (χ0) is 15.8. The first-order valence-electron chi connectivity index (χ1n) is 9.23. The van der Waals surface area contributed by atoms with Gasteiger partial charge in [0.15, 0.2) is 0 Å². The Kier molecular flexibility index (Phi) is 4.04. The van der Waals surface area contributed by atoms with E-state index in [1.165, 1.54) is 43.2 Å². The van der Waals surface area contributed by atoms with E-state index in [1.807, 2.05) is 0 Å². The quantitative estimate of drug-likeness (QED) is 0.847. The van der Waals surface area contributed by atoms with Crippen LogP contribution in [0.5, 0.6) is 5.75 Å². The van der Waals surface area contributed by atoms with Gasteiger partial charge >= 0.3 is 0 Å². The molecule has 3 heteroatoms. The molecule has 1 aromatic rings. The molecule has 2 aliphatic carbocycles. The monoisotopic (exact) mass is 313 g/mol. The lowest BCUT2D eigenvalue weighted by Gasteiger charge is -2.36. The molecule has 1 saturated heterocycles. The van der Waals surface area contributed by atoms with Crippen LogP contribution in [0.3, 0.4) is 0 Å². The van der Waals surface area contributed by atoms with Crippen molar-refractivity contribution in [3.05, 3.63) is 29.3 Å². The van der Waals surface area contributed by atoms with Crippen molar-refractivity contribution < 1.29 is 9.53 Å². The van der Waals surface area contributed by atoms with Crippen molar-refractivity contribution in [3.8, 4) is 5.75 Å². The molecule has 1 amide bonds. The lowest BCUT2D eigenvalue weighted by Crippen LogP contribution is -2.40. The number of carbonyl (C=O) groups is 1. The molecule has 0 spiro atoms. The molecule has 0 bridgehead atoms. The van der Waals surface area contributed by atoms with Crippen molar-refractivity contribution in [2.75, 3.05) is 13.7 Å². The zero-order valence-corrected chi connectivity index (χ0v) is 14.1. The molecule has 1 heterocycles. The van der Waals surface area contributed by atoms with Gasteiger partial charge < -0.3 is 9.64 Å². The van der Waals surface area contributed by atoms with Crippen LogP contribution >= 0.6 is 0 Å². The third kappa shape index (κ3) is 2.64. The number of hydrogen-bond donors (Lipinski definition) is 0. The van der Waals surface area contributed by atoms with E-state index in [0.717, 1.165) is 31.1 Å². The van der Waals surface area contributed by atoms with Crippen LogP contribution in [0, 0.1) is 5.92 Å². The Balaban J connectivity index is 1.56. The number of methoxy groups -OCH3 is 1. The topological polar surface area (TPSA) is 29.5 Å². The first kappa shape index (κ1) is 15.0. The van der Waals surface area contributed by atoms with Crippen LogP contribution < -0.4 is 4.74 Å². The van der Waals surface area contributed by atoms with Crippen molar-refractivity contribution in [3.63, 3.8) is 0 Å². The van der Waals surface area contributed by atoms with Gasteiger partial charge in [0.2, 0.25) is 5.91 Å². The van der Waals surface area contributed by atoms with Gasteiger partial charge in [0.05, 0.1) is 7.11 Å². The Labute approximate surface area is 139 Å². The summed E-state index contributed by atoms with van der Waals surface area (Å²) < 4.78 is 5.54. The maximum atomic E-state index is 12.7. The number of benzene rings is 1. The van der Waals surface area contributed by atoms with Crippen LogP contribution in [0.15, 0.2) is 18.2 Å². The van der Waals surface area contributed by atoms with E-state index < -0.39 is 0 Å². The Morgan fingerprint density at radius 3 is 2.78 bits per heavy atom. The third-order valence-corrected chi connectivity index (χ3v) is 6.24. The summed E-state index contributed by atoms with van der Waals surface area (Å²) in [6, 6.07) is 6.76. The van der Waals surface area contributed by atoms with E-state index in [-0.39, 0.29) is 0 Å². The summed E-state index contributed by atoms with van der Waals surface area (Å²) in [5.41, 5.74) is 2.70. The summed E-state index contributed by atoms with van der Waals surface area (Å²) in [6.07, 6.45) is 9.52. The van der Waals surface area contributed by atoms with Crippen LogP contribution in [-0.4, -0.2) is 30.5 Å². The minimum atomic E-state index is 0.376. The second-order valence-electron chi connectivity index (χ2n) is 7.49. The van der Waals surface area contributed by atoms with Gasteiger partial charge in [-0.1, -0.05) is 31.4 Å². The highest BCUT2D eigenvalue weighted by atomic mass is 16.5. The summed E-state index contributed by atoms with van der Waals surface area (Å²) in [5, 5.41) is 0. The van der Waals surface area contributed by atoms with Crippen molar-refractivity contribution in [1.29, 1.82) is 0 Å². The van der Waals surface area contributed by atoms with E-state index in [0.29, 0.717) is 24.3 Å². The van der Waals surface area contributed by atoms with Crippen LogP contribution in [0.1, 0.15) is 62.0 Å². The molecule has 2 fully saturated rings. The average Bonchev–Trinajstić information content (AvgIpc) is 2.91. The van der Waals surface area contributed by atoms with Crippen LogP contribution in [-0.2, 0) is 11.2 Å². The fraction of sp³-hybridized carbons (Fsp3) is 0.650. The average molecular weight is 313 g/mol. The molecule has 1 aliphatic heterocycles. The summed E-state index contributed by atoms with van der Waals surface area (Å²) in [6.45, 7) is 0.999. The normalized spacial score (nSPS) is 27.7. The molecule has 3 aliphatic rings. The SMILES string of the molecule is COc1cccc2c1CC[C@@H]1[C@H]2CC(=O)N1CC1CCCCC1. The molecule has 0 unspecified atom stereocenters. The Morgan fingerprint density at radius 2 is 2.00 bits per heavy atom. The lowest BCUT2D eigenvalue weighted by molar-refractivity contribution is -0.129. The largest absolute Gasteiger partial charge is 0.496 e. The Bertz CT molecular complexity index is 591. The van der Waals surface area contributed by atoms with Gasteiger partial charge in [-0.15, -0.1) is 0 Å². The number of carbonyl (C=O) groups excluding carboxylic acids is 1. The summed E-state index contributed by atoms with van der Waals surface area (Å²) >= 11 is 0. The molecule has 4 rings (SSSR count). The first-order chi connectivity index (χ1) is 11.3. The predicted molar refractivity (Wildman–Crippen MR) is 90.7 cm³/mol. The molecule has 3 nitrogen and oxygen atoms in total. The number of nitrogens with zero attached hydrogens (tertiary/aromatic N) is 1. The van der Waals surface area contributed by atoms with Gasteiger partial charge in [-0.2, -0.15) is 0 Å². The van der Waals surface area contributed by atoms with Gasteiger partial charge in [0.25, 0.3) is 0 Å². The van der Waals surface area contributed by atoms with E-state index in [1.54, 1.807) is 7.11 Å². The number of amides is 1. The van der Waals surface area contributed by atoms with Crippen LogP contribution in [0.4, 0.5) is 0 Å². The van der Waals surface area contributed by atoms with E-state index in [9.17, 15) is 4.79 Å². The maximum Gasteiger partial charge on any atom is 0.223 e. The molecule has 23 heavy (non-hydrogen) atoms. The van der Waals surface area contributed by atoms with Gasteiger partial charge in [0.1, 0.15) is 5.75 Å². The van der Waals surface area contributed by atoms with Gasteiger partial charge in [-0.05, 0) is 48.8 Å². The highest BCUT2D eigenvalue weighted by molar-refractivity contribution is 5.81. The van der Waals surface area contributed by atoms with E-state index >= 15 is 0 Å². The smallest absolute Gasteiger partial charge is 0.223 e. The number of likely N-dealkylation sites (tertiary alicyclic amines) is 1. The molecular formula is C20H27NO2. The van der Waals surface area contributed by atoms with Crippen molar-refractivity contribution >= 4 is 5.91 Å². The number of ether oxygens (including phenoxy) is 1. The maximum absolute atomic E-state index is 12.7. The van der Waals surface area contributed by atoms with Gasteiger partial charge in [-0.25, -0.2) is 0 Å². The molecule has 0 radical (unpaired) electrons. The van der Waals surface area contributed by atoms with Gasteiger partial charge in [0, 0.05) is 24.9 Å². The molecular weight excluding hydrogens is 286 g/mol. The zero-order valence-electron chi connectivity index (χ0n) is 14.1. The van der Waals surface area contributed by atoms with Crippen LogP contribution in [0.25, 0.3) is 0 Å². The Hall–Kier alpha value is -1.51. The van der Waals surface area contributed by atoms with Gasteiger partial charge in [-0.3, -0.25) is 4.79 Å². The standard InChI is InChI=1S/C20H27NO2/c1-23-19-9-5-8-15-16(19)10-11-18-17(15)12-20(22)21(18)13-14-6-3-2-4-7-14/h5,8-9,14,17-18H,2-4,6-7,10-13H2,1H3/t17-,18+/m0/s1. The Morgan fingerprint density at radius 1 is 1.17 bits per heavy atom. The fourth-order valence-electron chi connectivity index (χ4n) is 5.08. The molecule has 2 atom stereocenters. The van der Waals surface area contributed by atoms with Crippen molar-refractivity contribution in [2.45, 2.75) is 63.3 Å². The number of hydrogen-bond acceptors (Lipinski definition) is 2. The second-order valence-corrected chi connectivity index (χ2v) is 7.49. The van der Waals surface area contributed by atoms with E-state index in [2.05, 4.69) is 23.1 Å². The predicted octanol–water partition coefficient (Wildman–Crippen LogP) is 3.91. The van der Waals surface area contributed by atoms with E-state index in [4.69, 9.17) is 4.74 Å². The minimum absolute atomic E-state index is 0.376. The van der Waals surface area contributed by atoms with Crippen LogP contribution in [0.2, 0.25) is 0 Å². The fourth-order valence-corrected chi connectivity index (χ4v) is 5.08. The highest BCUT2D eigenvalue weighted by Crippen LogP contribution is 2.45. The van der Waals surface area contributed by atoms with Crippen molar-refractivity contribution in [2.24, 2.45) is 5.92 Å². The molecule has 0 aromatic heterocycles. The first-order valence-corrected chi connectivity index (χ1v) is 9.23. The minimum Gasteiger partial charge on any atom is -0.496 e. The summed E-state index contributed by atoms with van der Waals surface area (Å²) in [7, 11) is 1.75. The number of rotatable bonds is 3. The summed E-state index contributed by atoms with van der Waals surface area (Å²) in [5.74, 6) is 2.49. The summed E-state index contributed by atoms with van der Waals surface area (Å²) in [4.78, 5) is 14.9.